The van der Waals surface area contributed by atoms with Crippen LogP contribution < -0.4 is 5.32 Å². The van der Waals surface area contributed by atoms with E-state index < -0.39 is 21.7 Å². The van der Waals surface area contributed by atoms with Crippen molar-refractivity contribution in [3.8, 4) is 0 Å². The number of halogens is 1. The normalized spacial score (nSPS) is 18.6. The molecule has 150 valence electrons. The summed E-state index contributed by atoms with van der Waals surface area (Å²) in [5, 5.41) is 2.57. The van der Waals surface area contributed by atoms with Crippen LogP contribution in [0.15, 0.2) is 29.2 Å². The Hall–Kier alpha value is -2.00. The first kappa shape index (κ1) is 21.3. The smallest absolute Gasteiger partial charge is 0.243 e. The highest BCUT2D eigenvalue weighted by molar-refractivity contribution is 7.91. The fraction of sp³-hybridized carbons (Fsp3) is 0.556. The molecule has 1 unspecified atom stereocenters. The lowest BCUT2D eigenvalue weighted by atomic mass is 10.1. The van der Waals surface area contributed by atoms with Gasteiger partial charge in [0.1, 0.15) is 11.9 Å². The van der Waals surface area contributed by atoms with Gasteiger partial charge in [-0.3, -0.25) is 14.5 Å². The molecular formula is C18H26FN3O4S. The first-order valence-electron chi connectivity index (χ1n) is 8.89. The van der Waals surface area contributed by atoms with Gasteiger partial charge in [-0.15, -0.1) is 0 Å². The van der Waals surface area contributed by atoms with E-state index in [-0.39, 0.29) is 34.9 Å². The van der Waals surface area contributed by atoms with Crippen LogP contribution in [0.25, 0.3) is 0 Å². The first-order valence-corrected chi connectivity index (χ1v) is 10.5. The zero-order valence-corrected chi connectivity index (χ0v) is 16.6. The molecule has 0 radical (unpaired) electrons. The van der Waals surface area contributed by atoms with Crippen LogP contribution in [0.2, 0.25) is 0 Å². The summed E-state index contributed by atoms with van der Waals surface area (Å²) >= 11 is 0. The number of hydrogen-bond donors (Lipinski definition) is 1. The van der Waals surface area contributed by atoms with E-state index in [0.717, 1.165) is 12.1 Å². The molecule has 0 aromatic heterocycles. The van der Waals surface area contributed by atoms with Gasteiger partial charge in [-0.05, 0) is 38.1 Å². The average molecular weight is 399 g/mol. The van der Waals surface area contributed by atoms with Gasteiger partial charge in [-0.1, -0.05) is 0 Å². The molecule has 0 spiro atoms. The SMILES string of the molecule is CNC(=O)C1CN(C(C)C)CCN1C(=O)CCS(=O)(=O)c1ccc(F)cc1. The predicted octanol–water partition coefficient (Wildman–Crippen LogP) is 0.657. The van der Waals surface area contributed by atoms with Gasteiger partial charge in [0.15, 0.2) is 9.84 Å². The van der Waals surface area contributed by atoms with Crippen LogP contribution in [0, 0.1) is 5.82 Å². The Labute approximate surface area is 159 Å². The molecule has 7 nitrogen and oxygen atoms in total. The topological polar surface area (TPSA) is 86.8 Å². The number of hydrogen-bond acceptors (Lipinski definition) is 5. The van der Waals surface area contributed by atoms with Crippen molar-refractivity contribution in [3.05, 3.63) is 30.1 Å². The lowest BCUT2D eigenvalue weighted by Gasteiger charge is -2.42. The average Bonchev–Trinajstić information content (AvgIpc) is 2.65. The molecule has 1 saturated heterocycles. The number of carbonyl (C=O) groups excluding carboxylic acids is 2. The number of carbonyl (C=O) groups is 2. The number of benzene rings is 1. The second kappa shape index (κ2) is 8.79. The van der Waals surface area contributed by atoms with Crippen molar-refractivity contribution in [1.82, 2.24) is 15.1 Å². The van der Waals surface area contributed by atoms with Crippen molar-refractivity contribution in [2.75, 3.05) is 32.4 Å². The highest BCUT2D eigenvalue weighted by Crippen LogP contribution is 2.17. The summed E-state index contributed by atoms with van der Waals surface area (Å²) < 4.78 is 37.7. The number of nitrogens with zero attached hydrogens (tertiary/aromatic N) is 2. The third-order valence-electron chi connectivity index (χ3n) is 4.77. The number of likely N-dealkylation sites (N-methyl/N-ethyl adjacent to an activating group) is 1. The molecular weight excluding hydrogens is 373 g/mol. The van der Waals surface area contributed by atoms with Crippen molar-refractivity contribution >= 4 is 21.7 Å². The number of piperazine rings is 1. The largest absolute Gasteiger partial charge is 0.357 e. The standard InChI is InChI=1S/C18H26FN3O4S/c1-13(2)21-9-10-22(16(12-21)18(24)20-3)17(23)8-11-27(25,26)15-6-4-14(19)5-7-15/h4-7,13,16H,8-12H2,1-3H3,(H,20,24). The lowest BCUT2D eigenvalue weighted by Crippen LogP contribution is -2.61. The number of rotatable bonds is 6. The van der Waals surface area contributed by atoms with E-state index in [1.807, 2.05) is 13.8 Å². The molecule has 1 aliphatic heterocycles. The predicted molar refractivity (Wildman–Crippen MR) is 99.3 cm³/mol. The van der Waals surface area contributed by atoms with Gasteiger partial charge < -0.3 is 10.2 Å². The van der Waals surface area contributed by atoms with Crippen molar-refractivity contribution < 1.29 is 22.4 Å². The van der Waals surface area contributed by atoms with E-state index in [2.05, 4.69) is 10.2 Å². The quantitative estimate of drug-likeness (QED) is 0.710. The van der Waals surface area contributed by atoms with Crippen LogP contribution >= 0.6 is 0 Å². The maximum absolute atomic E-state index is 13.0. The zero-order chi connectivity index (χ0) is 20.2. The Bertz CT molecular complexity index is 780. The highest BCUT2D eigenvalue weighted by atomic mass is 32.2. The fourth-order valence-electron chi connectivity index (χ4n) is 3.09. The summed E-state index contributed by atoms with van der Waals surface area (Å²) in [6, 6.07) is 4.11. The summed E-state index contributed by atoms with van der Waals surface area (Å²) in [5.41, 5.74) is 0. The molecule has 2 amide bonds. The van der Waals surface area contributed by atoms with E-state index in [4.69, 9.17) is 0 Å². The lowest BCUT2D eigenvalue weighted by molar-refractivity contribution is -0.144. The minimum atomic E-state index is -3.70. The first-order chi connectivity index (χ1) is 12.7. The van der Waals surface area contributed by atoms with Gasteiger partial charge >= 0.3 is 0 Å². The molecule has 0 aliphatic carbocycles. The minimum Gasteiger partial charge on any atom is -0.357 e. The van der Waals surface area contributed by atoms with E-state index in [1.165, 1.54) is 24.1 Å². The summed E-state index contributed by atoms with van der Waals surface area (Å²) in [6.45, 7) is 5.45. The van der Waals surface area contributed by atoms with Crippen LogP contribution in [0.1, 0.15) is 20.3 Å². The minimum absolute atomic E-state index is 0.0239. The zero-order valence-electron chi connectivity index (χ0n) is 15.8. The van der Waals surface area contributed by atoms with Crippen LogP contribution in [-0.4, -0.2) is 74.6 Å². The van der Waals surface area contributed by atoms with Gasteiger partial charge in [0.05, 0.1) is 10.6 Å². The van der Waals surface area contributed by atoms with E-state index in [1.54, 1.807) is 0 Å². The number of nitrogens with one attached hydrogen (secondary N) is 1. The molecule has 27 heavy (non-hydrogen) atoms. The van der Waals surface area contributed by atoms with Crippen LogP contribution in [0.3, 0.4) is 0 Å². The molecule has 9 heteroatoms. The Morgan fingerprint density at radius 2 is 1.85 bits per heavy atom. The second-order valence-electron chi connectivity index (χ2n) is 6.83. The molecule has 1 aromatic rings. The van der Waals surface area contributed by atoms with E-state index in [9.17, 15) is 22.4 Å². The van der Waals surface area contributed by atoms with E-state index >= 15 is 0 Å². The maximum Gasteiger partial charge on any atom is 0.243 e. The molecule has 1 fully saturated rings. The second-order valence-corrected chi connectivity index (χ2v) is 8.94. The molecule has 1 aromatic carbocycles. The van der Waals surface area contributed by atoms with Gasteiger partial charge in [-0.25, -0.2) is 12.8 Å². The summed E-state index contributed by atoms with van der Waals surface area (Å²) in [7, 11) is -2.19. The number of sulfone groups is 1. The third-order valence-corrected chi connectivity index (χ3v) is 6.50. The third kappa shape index (κ3) is 5.26. The van der Waals surface area contributed by atoms with Crippen LogP contribution in [0.4, 0.5) is 4.39 Å². The molecule has 0 saturated carbocycles. The molecule has 1 heterocycles. The van der Waals surface area contributed by atoms with Gasteiger partial charge in [0, 0.05) is 39.1 Å². The van der Waals surface area contributed by atoms with Gasteiger partial charge in [-0.2, -0.15) is 0 Å². The Kier molecular flexibility index (Phi) is 6.94. The fourth-order valence-corrected chi connectivity index (χ4v) is 4.32. The van der Waals surface area contributed by atoms with Crippen molar-refractivity contribution in [1.29, 1.82) is 0 Å². The van der Waals surface area contributed by atoms with E-state index in [0.29, 0.717) is 19.6 Å². The summed E-state index contributed by atoms with van der Waals surface area (Å²) in [4.78, 5) is 28.4. The Balaban J connectivity index is 2.07. The Morgan fingerprint density at radius 1 is 1.22 bits per heavy atom. The van der Waals surface area contributed by atoms with Crippen molar-refractivity contribution in [3.63, 3.8) is 0 Å². The maximum atomic E-state index is 13.0. The summed E-state index contributed by atoms with van der Waals surface area (Å²) in [6.07, 6.45) is -0.227. The molecule has 0 bridgehead atoms. The summed E-state index contributed by atoms with van der Waals surface area (Å²) in [5.74, 6) is -1.56. The Morgan fingerprint density at radius 3 is 2.41 bits per heavy atom. The molecule has 1 N–H and O–H groups in total. The van der Waals surface area contributed by atoms with Crippen LogP contribution in [-0.2, 0) is 19.4 Å². The van der Waals surface area contributed by atoms with Gasteiger partial charge in [0.25, 0.3) is 0 Å². The molecule has 1 atom stereocenters. The van der Waals surface area contributed by atoms with Crippen molar-refractivity contribution in [2.45, 2.75) is 37.2 Å². The molecule has 2 rings (SSSR count). The van der Waals surface area contributed by atoms with Crippen LogP contribution in [0.5, 0.6) is 0 Å². The highest BCUT2D eigenvalue weighted by Gasteiger charge is 2.35. The van der Waals surface area contributed by atoms with Crippen molar-refractivity contribution in [2.24, 2.45) is 0 Å². The number of amides is 2. The molecule has 1 aliphatic rings. The van der Waals surface area contributed by atoms with Gasteiger partial charge in [0.2, 0.25) is 11.8 Å². The monoisotopic (exact) mass is 399 g/mol.